The predicted octanol–water partition coefficient (Wildman–Crippen LogP) is 0.678. The zero-order valence-electron chi connectivity index (χ0n) is 11.7. The lowest BCUT2D eigenvalue weighted by molar-refractivity contribution is -0.0527. The summed E-state index contributed by atoms with van der Waals surface area (Å²) in [7, 11) is 0. The number of ether oxygens (including phenoxy) is 2. The molecule has 0 bridgehead atoms. The van der Waals surface area contributed by atoms with E-state index in [4.69, 9.17) is 10.2 Å². The normalized spacial score (nSPS) is 13.0. The summed E-state index contributed by atoms with van der Waals surface area (Å²) >= 11 is 3.35. The van der Waals surface area contributed by atoms with Gasteiger partial charge in [0.05, 0.1) is 16.7 Å². The fourth-order valence-electron chi connectivity index (χ4n) is 1.48. The van der Waals surface area contributed by atoms with E-state index in [1.54, 1.807) is 0 Å². The number of thiol groups is 1. The van der Waals surface area contributed by atoms with Crippen LogP contribution in [0.2, 0.25) is 0 Å². The Labute approximate surface area is 131 Å². The molecule has 2 N–H and O–H groups in total. The van der Waals surface area contributed by atoms with Gasteiger partial charge in [0.1, 0.15) is 0 Å². The molecule has 0 amide bonds. The molecule has 0 saturated carbocycles. The van der Waals surface area contributed by atoms with Crippen LogP contribution in [-0.4, -0.2) is 40.7 Å². The zero-order valence-corrected chi connectivity index (χ0v) is 12.6. The molecule has 0 aliphatic rings. The van der Waals surface area contributed by atoms with Crippen LogP contribution >= 0.6 is 12.9 Å². The van der Waals surface area contributed by atoms with Crippen LogP contribution in [0.1, 0.15) is 44.9 Å². The molecule has 8 nitrogen and oxygen atoms in total. The van der Waals surface area contributed by atoms with Gasteiger partial charge in [0, 0.05) is 12.9 Å². The Morgan fingerprint density at radius 1 is 0.864 bits per heavy atom. The van der Waals surface area contributed by atoms with E-state index in [0.29, 0.717) is 0 Å². The topological polar surface area (TPSA) is 119 Å². The van der Waals surface area contributed by atoms with Gasteiger partial charge in [-0.25, -0.2) is 14.4 Å². The molecule has 9 heteroatoms. The number of aliphatic hydroxyl groups excluding tert-OH is 2. The van der Waals surface area contributed by atoms with Gasteiger partial charge in [-0.1, -0.05) is 0 Å². The van der Waals surface area contributed by atoms with E-state index in [0.717, 1.165) is 18.2 Å². The fraction of sp³-hybridized carbons (Fsp3) is 0.308. The first-order valence-corrected chi connectivity index (χ1v) is 6.40. The number of esters is 2. The van der Waals surface area contributed by atoms with Crippen LogP contribution < -0.4 is 0 Å². The highest BCUT2D eigenvalue weighted by Gasteiger charge is 2.20. The Hall–Kier alpha value is -2.10. The van der Waals surface area contributed by atoms with E-state index in [-0.39, 0.29) is 16.7 Å². The zero-order chi connectivity index (χ0) is 16.9. The van der Waals surface area contributed by atoms with Gasteiger partial charge in [-0.05, 0) is 32.0 Å². The van der Waals surface area contributed by atoms with Crippen molar-refractivity contribution in [2.75, 3.05) is 0 Å². The Morgan fingerprint density at radius 3 is 1.45 bits per heavy atom. The van der Waals surface area contributed by atoms with Crippen molar-refractivity contribution >= 4 is 30.8 Å². The molecule has 0 aliphatic carbocycles. The maximum atomic E-state index is 11.8. The third kappa shape index (κ3) is 5.02. The minimum absolute atomic E-state index is 0.160. The summed E-state index contributed by atoms with van der Waals surface area (Å²) in [5.41, 5.74) is -0.531. The lowest BCUT2D eigenvalue weighted by Gasteiger charge is -2.11. The Bertz CT molecular complexity index is 541. The molecular weight excluding hydrogens is 316 g/mol. The van der Waals surface area contributed by atoms with Gasteiger partial charge in [0.25, 0.3) is 0 Å². The highest BCUT2D eigenvalue weighted by Crippen LogP contribution is 2.15. The molecule has 0 spiro atoms. The van der Waals surface area contributed by atoms with Crippen molar-refractivity contribution in [2.24, 2.45) is 0 Å². The first kappa shape index (κ1) is 18.0. The van der Waals surface area contributed by atoms with E-state index >= 15 is 0 Å². The Balaban J connectivity index is 3.24. The molecule has 0 radical (unpaired) electrons. The summed E-state index contributed by atoms with van der Waals surface area (Å²) in [5, 5.41) is 18.1. The van der Waals surface area contributed by atoms with Gasteiger partial charge >= 0.3 is 17.9 Å². The molecular formula is C13H14O8S. The minimum Gasteiger partial charge on any atom is -0.433 e. The predicted molar refractivity (Wildman–Crippen MR) is 75.0 cm³/mol. The molecule has 1 aromatic rings. The smallest absolute Gasteiger partial charge is 0.349 e. The SMILES string of the molecule is C[C@H](O)OC(=O)c1cc(C(=O)OS)cc(C(=O)O[C@@H](C)O)c1. The molecule has 22 heavy (non-hydrogen) atoms. The van der Waals surface area contributed by atoms with Crippen LogP contribution in [0.4, 0.5) is 0 Å². The number of benzene rings is 1. The molecule has 0 aliphatic heterocycles. The highest BCUT2D eigenvalue weighted by molar-refractivity contribution is 7.75. The standard InChI is InChI=1S/C13H14O8S/c1-6(14)19-11(16)8-3-9(12(17)20-7(2)15)5-10(4-8)13(18)21-22/h3-7,14-15,22H,1-2H3/t6-,7+. The van der Waals surface area contributed by atoms with Crippen LogP contribution in [0.25, 0.3) is 0 Å². The molecule has 0 unspecified atom stereocenters. The fourth-order valence-corrected chi connectivity index (χ4v) is 1.59. The number of hydrogen-bond donors (Lipinski definition) is 3. The number of carbonyl (C=O) groups excluding carboxylic acids is 3. The van der Waals surface area contributed by atoms with E-state index in [1.165, 1.54) is 13.8 Å². The van der Waals surface area contributed by atoms with Crippen molar-refractivity contribution in [2.45, 2.75) is 26.4 Å². The third-order valence-corrected chi connectivity index (χ3v) is 2.44. The number of hydrogen-bond acceptors (Lipinski definition) is 9. The number of aliphatic hydroxyl groups is 2. The lowest BCUT2D eigenvalue weighted by atomic mass is 10.1. The first-order valence-electron chi connectivity index (χ1n) is 6.03. The summed E-state index contributed by atoms with van der Waals surface area (Å²) in [4.78, 5) is 35.0. The van der Waals surface area contributed by atoms with Gasteiger partial charge in [0.2, 0.25) is 0 Å². The second-order valence-electron chi connectivity index (χ2n) is 4.19. The van der Waals surface area contributed by atoms with Crippen molar-refractivity contribution in [1.82, 2.24) is 0 Å². The summed E-state index contributed by atoms with van der Waals surface area (Å²) in [6.07, 6.45) is -2.75. The summed E-state index contributed by atoms with van der Waals surface area (Å²) in [6, 6.07) is 3.29. The number of rotatable bonds is 5. The van der Waals surface area contributed by atoms with Crippen molar-refractivity contribution in [1.29, 1.82) is 0 Å². The summed E-state index contributed by atoms with van der Waals surface area (Å²) < 4.78 is 13.3. The molecule has 0 heterocycles. The monoisotopic (exact) mass is 330 g/mol. The maximum Gasteiger partial charge on any atom is 0.349 e. The van der Waals surface area contributed by atoms with E-state index in [9.17, 15) is 14.4 Å². The average molecular weight is 330 g/mol. The Morgan fingerprint density at radius 2 is 1.18 bits per heavy atom. The van der Waals surface area contributed by atoms with Crippen molar-refractivity contribution in [3.8, 4) is 0 Å². The minimum atomic E-state index is -1.37. The molecule has 1 aromatic carbocycles. The average Bonchev–Trinajstić information content (AvgIpc) is 2.44. The molecule has 120 valence electrons. The van der Waals surface area contributed by atoms with Crippen molar-refractivity contribution in [3.05, 3.63) is 34.9 Å². The maximum absolute atomic E-state index is 11.8. The van der Waals surface area contributed by atoms with Gasteiger partial charge in [-0.3, -0.25) is 0 Å². The van der Waals surface area contributed by atoms with E-state index < -0.39 is 30.5 Å². The second-order valence-corrected chi connectivity index (χ2v) is 4.37. The summed E-state index contributed by atoms with van der Waals surface area (Å²) in [5.74, 6) is -2.84. The van der Waals surface area contributed by atoms with E-state index in [2.05, 4.69) is 26.6 Å². The summed E-state index contributed by atoms with van der Waals surface area (Å²) in [6.45, 7) is 2.43. The van der Waals surface area contributed by atoms with Crippen LogP contribution in [0.15, 0.2) is 18.2 Å². The highest BCUT2D eigenvalue weighted by atomic mass is 32.1. The largest absolute Gasteiger partial charge is 0.433 e. The molecule has 1 rings (SSSR count). The Kier molecular flexibility index (Phi) is 6.35. The number of carbonyl (C=O) groups is 3. The van der Waals surface area contributed by atoms with Crippen LogP contribution in [0, 0.1) is 0 Å². The van der Waals surface area contributed by atoms with Crippen molar-refractivity contribution in [3.63, 3.8) is 0 Å². The molecule has 0 aromatic heterocycles. The molecule has 0 fully saturated rings. The quantitative estimate of drug-likeness (QED) is 0.237. The van der Waals surface area contributed by atoms with Gasteiger partial charge in [-0.15, -0.1) is 0 Å². The molecule has 0 saturated heterocycles. The second kappa shape index (κ2) is 7.78. The van der Waals surface area contributed by atoms with Crippen molar-refractivity contribution < 1.29 is 38.3 Å². The van der Waals surface area contributed by atoms with Crippen LogP contribution in [0.5, 0.6) is 0 Å². The van der Waals surface area contributed by atoms with Gasteiger partial charge in [-0.2, -0.15) is 0 Å². The first-order chi connectivity index (χ1) is 10.2. The van der Waals surface area contributed by atoms with Gasteiger partial charge < -0.3 is 23.9 Å². The van der Waals surface area contributed by atoms with Crippen LogP contribution in [-0.2, 0) is 13.7 Å². The van der Waals surface area contributed by atoms with Gasteiger partial charge in [0.15, 0.2) is 12.6 Å². The third-order valence-electron chi connectivity index (χ3n) is 2.28. The van der Waals surface area contributed by atoms with Crippen LogP contribution in [0.3, 0.4) is 0 Å². The molecule has 2 atom stereocenters. The van der Waals surface area contributed by atoms with E-state index in [1.807, 2.05) is 0 Å². The lowest BCUT2D eigenvalue weighted by Crippen LogP contribution is -2.18.